The van der Waals surface area contributed by atoms with Gasteiger partial charge in [0, 0.05) is 25.7 Å². The highest BCUT2D eigenvalue weighted by atomic mass is 31.2. The highest BCUT2D eigenvalue weighted by Gasteiger charge is 2.30. The predicted molar refractivity (Wildman–Crippen MR) is 372 cm³/mol. The van der Waals surface area contributed by atoms with E-state index in [1.807, 2.05) is 0 Å². The number of carbonyl (C=O) groups is 4. The third-order valence-electron chi connectivity index (χ3n) is 17.2. The highest BCUT2D eigenvalue weighted by molar-refractivity contribution is 7.47. The first kappa shape index (κ1) is 90.1. The summed E-state index contributed by atoms with van der Waals surface area (Å²) in [6.45, 7) is 14.1. The maximum absolute atomic E-state index is 13.1. The summed E-state index contributed by atoms with van der Waals surface area (Å²) in [4.78, 5) is 72.6. The molecule has 0 aromatic rings. The zero-order valence-corrected chi connectivity index (χ0v) is 62.0. The van der Waals surface area contributed by atoms with Crippen LogP contribution in [0, 0.1) is 23.7 Å². The number of rotatable bonds is 70. The van der Waals surface area contributed by atoms with Gasteiger partial charge in [-0.1, -0.05) is 312 Å². The molecule has 0 rings (SSSR count). The molecule has 0 amide bonds. The van der Waals surface area contributed by atoms with Crippen LogP contribution in [0.3, 0.4) is 0 Å². The van der Waals surface area contributed by atoms with E-state index in [0.717, 1.165) is 114 Å². The molecular weight excluding hydrogens is 1210 g/mol. The predicted octanol–water partition coefficient (Wildman–Crippen LogP) is 20.9. The van der Waals surface area contributed by atoms with Crippen molar-refractivity contribution in [3.63, 3.8) is 0 Å². The third kappa shape index (κ3) is 65.4. The minimum Gasteiger partial charge on any atom is -0.462 e. The van der Waals surface area contributed by atoms with Crippen LogP contribution in [0.4, 0.5) is 0 Å². The number of phosphoric ester groups is 2. The van der Waals surface area contributed by atoms with Gasteiger partial charge in [-0.05, 0) is 49.4 Å². The van der Waals surface area contributed by atoms with Gasteiger partial charge in [0.05, 0.1) is 26.4 Å². The summed E-state index contributed by atoms with van der Waals surface area (Å²) < 4.78 is 68.4. The zero-order valence-electron chi connectivity index (χ0n) is 60.2. The van der Waals surface area contributed by atoms with Crippen molar-refractivity contribution in [2.75, 3.05) is 39.6 Å². The molecule has 0 heterocycles. The lowest BCUT2D eigenvalue weighted by molar-refractivity contribution is -0.161. The molecule has 546 valence electrons. The Labute approximate surface area is 562 Å². The molecule has 17 nitrogen and oxygen atoms in total. The summed E-state index contributed by atoms with van der Waals surface area (Å²) in [6.07, 6.45) is 45.9. The smallest absolute Gasteiger partial charge is 0.462 e. The molecule has 0 radical (unpaired) electrons. The molecule has 4 unspecified atom stereocenters. The normalized spacial score (nSPS) is 14.5. The van der Waals surface area contributed by atoms with Crippen LogP contribution < -0.4 is 0 Å². The van der Waals surface area contributed by atoms with Crippen LogP contribution >= 0.6 is 15.6 Å². The highest BCUT2D eigenvalue weighted by Crippen LogP contribution is 2.45. The van der Waals surface area contributed by atoms with Crippen LogP contribution in [-0.2, 0) is 65.4 Å². The summed E-state index contributed by atoms with van der Waals surface area (Å²) in [5.41, 5.74) is 0. The van der Waals surface area contributed by atoms with Crippen LogP contribution in [0.5, 0.6) is 0 Å². The molecule has 0 aromatic carbocycles. The first-order valence-electron chi connectivity index (χ1n) is 37.7. The minimum absolute atomic E-state index is 0.103. The van der Waals surface area contributed by atoms with Crippen molar-refractivity contribution >= 4 is 39.5 Å². The lowest BCUT2D eigenvalue weighted by Gasteiger charge is -2.21. The quantitative estimate of drug-likeness (QED) is 0.0222. The summed E-state index contributed by atoms with van der Waals surface area (Å²) in [7, 11) is -9.91. The van der Waals surface area contributed by atoms with Crippen molar-refractivity contribution in [3.8, 4) is 0 Å². The van der Waals surface area contributed by atoms with Crippen LogP contribution in [0.2, 0.25) is 0 Å². The number of phosphoric acid groups is 2. The van der Waals surface area contributed by atoms with E-state index in [1.165, 1.54) is 161 Å². The number of carbonyl (C=O) groups excluding carboxylic acids is 4. The minimum atomic E-state index is -4.96. The second-order valence-corrected chi connectivity index (χ2v) is 30.9. The Bertz CT molecular complexity index is 1820. The summed E-state index contributed by atoms with van der Waals surface area (Å²) >= 11 is 0. The fourth-order valence-corrected chi connectivity index (χ4v) is 12.6. The van der Waals surface area contributed by atoms with Gasteiger partial charge in [0.15, 0.2) is 12.2 Å². The number of aliphatic hydroxyl groups excluding tert-OH is 1. The fourth-order valence-electron chi connectivity index (χ4n) is 11.0. The maximum atomic E-state index is 13.1. The number of hydrogen-bond donors (Lipinski definition) is 3. The monoisotopic (exact) mass is 1350 g/mol. The Morgan fingerprint density at radius 3 is 0.772 bits per heavy atom. The van der Waals surface area contributed by atoms with Gasteiger partial charge in [-0.15, -0.1) is 0 Å². The molecule has 19 heteroatoms. The zero-order chi connectivity index (χ0) is 68.2. The molecular formula is C73H142O17P2. The van der Waals surface area contributed by atoms with Gasteiger partial charge in [0.2, 0.25) is 0 Å². The van der Waals surface area contributed by atoms with Crippen molar-refractivity contribution in [1.82, 2.24) is 0 Å². The van der Waals surface area contributed by atoms with Gasteiger partial charge < -0.3 is 33.8 Å². The molecule has 0 aliphatic heterocycles. The van der Waals surface area contributed by atoms with E-state index in [2.05, 4.69) is 55.4 Å². The Morgan fingerprint density at radius 1 is 0.304 bits per heavy atom. The van der Waals surface area contributed by atoms with Gasteiger partial charge in [-0.2, -0.15) is 0 Å². The molecule has 0 aliphatic carbocycles. The van der Waals surface area contributed by atoms with Crippen molar-refractivity contribution in [2.24, 2.45) is 23.7 Å². The second-order valence-electron chi connectivity index (χ2n) is 28.0. The lowest BCUT2D eigenvalue weighted by atomic mass is 9.99. The van der Waals surface area contributed by atoms with Crippen molar-refractivity contribution < 1.29 is 80.2 Å². The molecule has 0 saturated heterocycles. The topological polar surface area (TPSA) is 237 Å². The first-order valence-corrected chi connectivity index (χ1v) is 40.7. The molecule has 92 heavy (non-hydrogen) atoms. The molecule has 0 bridgehead atoms. The van der Waals surface area contributed by atoms with Crippen LogP contribution in [0.25, 0.3) is 0 Å². The Morgan fingerprint density at radius 2 is 0.522 bits per heavy atom. The van der Waals surface area contributed by atoms with Crippen LogP contribution in [0.1, 0.15) is 364 Å². The fraction of sp³-hybridized carbons (Fsp3) is 0.945. The van der Waals surface area contributed by atoms with Gasteiger partial charge in [0.1, 0.15) is 19.3 Å². The van der Waals surface area contributed by atoms with Gasteiger partial charge in [-0.3, -0.25) is 37.3 Å². The van der Waals surface area contributed by atoms with Crippen molar-refractivity contribution in [3.05, 3.63) is 0 Å². The van der Waals surface area contributed by atoms with E-state index < -0.39 is 97.5 Å². The van der Waals surface area contributed by atoms with Gasteiger partial charge in [-0.25, -0.2) is 9.13 Å². The molecule has 3 N–H and O–H groups in total. The molecule has 0 saturated carbocycles. The molecule has 0 aliphatic rings. The van der Waals surface area contributed by atoms with E-state index >= 15 is 0 Å². The summed E-state index contributed by atoms with van der Waals surface area (Å²) in [5.74, 6) is 0.901. The Hall–Kier alpha value is -1.94. The van der Waals surface area contributed by atoms with E-state index in [1.54, 1.807) is 0 Å². The summed E-state index contributed by atoms with van der Waals surface area (Å²) in [5, 5.41) is 10.6. The van der Waals surface area contributed by atoms with Gasteiger partial charge >= 0.3 is 39.5 Å². The molecule has 0 fully saturated rings. The second kappa shape index (κ2) is 62.6. The van der Waals surface area contributed by atoms with E-state index in [9.17, 15) is 43.2 Å². The molecule has 0 aromatic heterocycles. The lowest BCUT2D eigenvalue weighted by Crippen LogP contribution is -2.30. The number of unbranched alkanes of at least 4 members (excludes halogenated alkanes) is 35. The number of ether oxygens (including phenoxy) is 4. The standard InChI is InChI=1S/C73H142O17P2/c1-9-66(8)52-44-36-28-19-14-12-10-11-13-15-21-30-39-47-55-72(77)89-68(59-83-70(75)53-45-37-29-20-17-16-18-25-33-41-49-63(2)3)61-87-91(79,80)85-57-67(74)58-86-92(81,82)88-62-69(60-84-71(76)54-46-38-32-24-27-35-43-51-65(6)7)90-73(78)56-48-40-31-23-22-26-34-42-50-64(4)5/h63-69,74H,9-62H2,1-8H3,(H,79,80)(H,81,82)/t66?,67?,68-,69-/m1/s1. The number of aliphatic hydroxyl groups is 1. The average Bonchev–Trinajstić information content (AvgIpc) is 1.73. The van der Waals surface area contributed by atoms with Crippen molar-refractivity contribution in [2.45, 2.75) is 382 Å². The number of esters is 4. The van der Waals surface area contributed by atoms with E-state index in [0.29, 0.717) is 31.6 Å². The summed E-state index contributed by atoms with van der Waals surface area (Å²) in [6, 6.07) is 0. The Kier molecular flexibility index (Phi) is 61.3. The van der Waals surface area contributed by atoms with E-state index in [4.69, 9.17) is 37.0 Å². The average molecular weight is 1350 g/mol. The molecule has 6 atom stereocenters. The third-order valence-corrected chi connectivity index (χ3v) is 19.1. The van der Waals surface area contributed by atoms with E-state index in [-0.39, 0.29) is 25.7 Å². The number of hydrogen-bond acceptors (Lipinski definition) is 15. The largest absolute Gasteiger partial charge is 0.472 e. The Balaban J connectivity index is 5.24. The first-order chi connectivity index (χ1) is 44.1. The SMILES string of the molecule is CCC(C)CCCCCCCCCCCCCCCCC(=O)O[C@H](COC(=O)CCCCCCCCCCCCC(C)C)COP(=O)(O)OCC(O)COP(=O)(O)OC[C@@H](COC(=O)CCCCCCCCCC(C)C)OC(=O)CCCCCCCCCCC(C)C. The van der Waals surface area contributed by atoms with Gasteiger partial charge in [0.25, 0.3) is 0 Å². The van der Waals surface area contributed by atoms with Crippen LogP contribution in [0.15, 0.2) is 0 Å². The molecule has 0 spiro atoms. The maximum Gasteiger partial charge on any atom is 0.472 e. The van der Waals surface area contributed by atoms with Crippen LogP contribution in [-0.4, -0.2) is 96.7 Å². The van der Waals surface area contributed by atoms with Crippen molar-refractivity contribution in [1.29, 1.82) is 0 Å².